The van der Waals surface area contributed by atoms with Crippen LogP contribution in [0.25, 0.3) is 11.3 Å². The summed E-state index contributed by atoms with van der Waals surface area (Å²) in [5.74, 6) is -1.65. The van der Waals surface area contributed by atoms with Crippen molar-refractivity contribution in [1.82, 2.24) is 10.9 Å². The van der Waals surface area contributed by atoms with Gasteiger partial charge in [0.1, 0.15) is 5.76 Å². The van der Waals surface area contributed by atoms with Crippen molar-refractivity contribution in [3.05, 3.63) is 47.7 Å². The number of hydrazine groups is 1. The zero-order valence-electron chi connectivity index (χ0n) is 13.6. The van der Waals surface area contributed by atoms with Gasteiger partial charge in [-0.25, -0.2) is 4.79 Å². The summed E-state index contributed by atoms with van der Waals surface area (Å²) in [5, 5.41) is 0. The molecule has 2 rings (SSSR count). The number of rotatable bonds is 5. The van der Waals surface area contributed by atoms with Crippen molar-refractivity contribution in [1.29, 1.82) is 0 Å². The average Bonchev–Trinajstić information content (AvgIpc) is 3.08. The maximum Gasteiger partial charge on any atom is 0.374 e. The Bertz CT molecular complexity index is 807. The quantitative estimate of drug-likeness (QED) is 0.482. The fourth-order valence-corrected chi connectivity index (χ4v) is 1.87. The fourth-order valence-electron chi connectivity index (χ4n) is 1.87. The fraction of sp³-hybridized carbons (Fsp3) is 0.176. The van der Waals surface area contributed by atoms with Gasteiger partial charge in [0.05, 0.1) is 0 Å². The van der Waals surface area contributed by atoms with Gasteiger partial charge in [-0.3, -0.25) is 25.2 Å². The number of hydrogen-bond donors (Lipinski definition) is 2. The molecule has 25 heavy (non-hydrogen) atoms. The number of benzene rings is 1. The Morgan fingerprint density at radius 2 is 1.64 bits per heavy atom. The predicted molar refractivity (Wildman–Crippen MR) is 86.4 cm³/mol. The van der Waals surface area contributed by atoms with Crippen molar-refractivity contribution < 1.29 is 28.3 Å². The molecule has 2 aromatic rings. The van der Waals surface area contributed by atoms with E-state index in [1.54, 1.807) is 30.3 Å². The van der Waals surface area contributed by atoms with E-state index in [1.807, 2.05) is 0 Å². The van der Waals surface area contributed by atoms with Crippen molar-refractivity contribution in [2.24, 2.45) is 0 Å². The standard InChI is InChI=1S/C17H16N2O6/c1-10(20)12-3-5-13(6-4-12)14-7-8-15(25-14)17(23)24-9-16(22)19-18-11(2)21/h3-8H,9H2,1-2H3,(H,18,21)(H,19,22). The van der Waals surface area contributed by atoms with Crippen molar-refractivity contribution >= 4 is 23.6 Å². The Morgan fingerprint density at radius 3 is 2.24 bits per heavy atom. The molecule has 0 unspecified atom stereocenters. The molecule has 0 saturated heterocycles. The highest BCUT2D eigenvalue weighted by atomic mass is 16.5. The van der Waals surface area contributed by atoms with Gasteiger partial charge in [0.2, 0.25) is 11.7 Å². The van der Waals surface area contributed by atoms with Gasteiger partial charge in [-0.15, -0.1) is 0 Å². The Balaban J connectivity index is 1.95. The SMILES string of the molecule is CC(=O)NNC(=O)COC(=O)c1ccc(-c2ccc(C(C)=O)cc2)o1. The molecular weight excluding hydrogens is 328 g/mol. The van der Waals surface area contributed by atoms with Gasteiger partial charge in [0.15, 0.2) is 12.4 Å². The van der Waals surface area contributed by atoms with Crippen molar-refractivity contribution in [2.75, 3.05) is 6.61 Å². The molecule has 0 atom stereocenters. The molecule has 0 aliphatic carbocycles. The van der Waals surface area contributed by atoms with E-state index < -0.39 is 24.4 Å². The van der Waals surface area contributed by atoms with E-state index in [9.17, 15) is 19.2 Å². The van der Waals surface area contributed by atoms with E-state index in [4.69, 9.17) is 9.15 Å². The van der Waals surface area contributed by atoms with Crippen molar-refractivity contribution in [3.63, 3.8) is 0 Å². The van der Waals surface area contributed by atoms with E-state index in [-0.39, 0.29) is 11.5 Å². The molecule has 8 heteroatoms. The number of Topliss-reactive ketones (excluding diaryl/α,β-unsaturated/α-hetero) is 1. The molecule has 0 saturated carbocycles. The molecule has 0 bridgehead atoms. The highest BCUT2D eigenvalue weighted by Gasteiger charge is 2.15. The van der Waals surface area contributed by atoms with Crippen LogP contribution < -0.4 is 10.9 Å². The number of esters is 1. The lowest BCUT2D eigenvalue weighted by atomic mass is 10.1. The van der Waals surface area contributed by atoms with Crippen molar-refractivity contribution in [2.45, 2.75) is 13.8 Å². The molecular formula is C17H16N2O6. The molecule has 1 heterocycles. The van der Waals surface area contributed by atoms with Gasteiger partial charge in [0, 0.05) is 18.1 Å². The first-order valence-electron chi connectivity index (χ1n) is 7.30. The van der Waals surface area contributed by atoms with Crippen LogP contribution in [0.15, 0.2) is 40.8 Å². The lowest BCUT2D eigenvalue weighted by Gasteiger charge is -2.05. The number of carbonyl (C=O) groups is 4. The molecule has 0 fully saturated rings. The summed E-state index contributed by atoms with van der Waals surface area (Å²) in [4.78, 5) is 45.1. The molecule has 0 aliphatic rings. The topological polar surface area (TPSA) is 115 Å². The summed E-state index contributed by atoms with van der Waals surface area (Å²) in [5.41, 5.74) is 5.39. The number of furan rings is 1. The Kier molecular flexibility index (Phi) is 5.67. The molecule has 0 spiro atoms. The lowest BCUT2D eigenvalue weighted by Crippen LogP contribution is -2.42. The first-order chi connectivity index (χ1) is 11.9. The van der Waals surface area contributed by atoms with Crippen molar-refractivity contribution in [3.8, 4) is 11.3 Å². The minimum absolute atomic E-state index is 0.0483. The molecule has 2 N–H and O–H groups in total. The van der Waals surface area contributed by atoms with E-state index in [0.717, 1.165) is 0 Å². The highest BCUT2D eigenvalue weighted by molar-refractivity contribution is 5.94. The van der Waals surface area contributed by atoms with Crippen LogP contribution in [0, 0.1) is 0 Å². The summed E-state index contributed by atoms with van der Waals surface area (Å²) < 4.78 is 10.2. The van der Waals surface area contributed by atoms with Gasteiger partial charge >= 0.3 is 5.97 Å². The van der Waals surface area contributed by atoms with Crippen LogP contribution in [0.5, 0.6) is 0 Å². The largest absolute Gasteiger partial charge is 0.450 e. The van der Waals surface area contributed by atoms with Gasteiger partial charge in [-0.2, -0.15) is 0 Å². The van der Waals surface area contributed by atoms with Gasteiger partial charge in [-0.05, 0) is 19.1 Å². The van der Waals surface area contributed by atoms with Gasteiger partial charge < -0.3 is 9.15 Å². The maximum atomic E-state index is 11.8. The Hall–Kier alpha value is -3.42. The third-order valence-electron chi connectivity index (χ3n) is 3.10. The minimum Gasteiger partial charge on any atom is -0.450 e. The van der Waals surface area contributed by atoms with E-state index in [2.05, 4.69) is 10.9 Å². The molecule has 8 nitrogen and oxygen atoms in total. The molecule has 130 valence electrons. The number of carbonyl (C=O) groups excluding carboxylic acids is 4. The number of nitrogens with one attached hydrogen (secondary N) is 2. The number of amides is 2. The normalized spacial score (nSPS) is 10.0. The Labute approximate surface area is 143 Å². The first-order valence-corrected chi connectivity index (χ1v) is 7.30. The van der Waals surface area contributed by atoms with Crippen LogP contribution in [0.1, 0.15) is 34.8 Å². The molecule has 2 amide bonds. The zero-order chi connectivity index (χ0) is 18.4. The monoisotopic (exact) mass is 344 g/mol. The number of hydrogen-bond acceptors (Lipinski definition) is 6. The molecule has 0 radical (unpaired) electrons. The summed E-state index contributed by atoms with van der Waals surface area (Å²) in [6, 6.07) is 9.71. The summed E-state index contributed by atoms with van der Waals surface area (Å²) in [7, 11) is 0. The van der Waals surface area contributed by atoms with E-state index >= 15 is 0 Å². The van der Waals surface area contributed by atoms with Crippen LogP contribution in [0.3, 0.4) is 0 Å². The summed E-state index contributed by atoms with van der Waals surface area (Å²) in [6.45, 7) is 2.13. The van der Waals surface area contributed by atoms with E-state index in [1.165, 1.54) is 19.9 Å². The Morgan fingerprint density at radius 1 is 0.960 bits per heavy atom. The summed E-state index contributed by atoms with van der Waals surface area (Å²) >= 11 is 0. The van der Waals surface area contributed by atoms with Gasteiger partial charge in [-0.1, -0.05) is 24.3 Å². The predicted octanol–water partition coefficient (Wildman–Crippen LogP) is 1.47. The van der Waals surface area contributed by atoms with Crippen LogP contribution in [-0.2, 0) is 14.3 Å². The third-order valence-corrected chi connectivity index (χ3v) is 3.10. The number of ketones is 1. The third kappa shape index (κ3) is 5.03. The molecule has 0 aliphatic heterocycles. The number of ether oxygens (including phenoxy) is 1. The molecule has 1 aromatic carbocycles. The van der Waals surface area contributed by atoms with Crippen LogP contribution in [0.2, 0.25) is 0 Å². The summed E-state index contributed by atoms with van der Waals surface area (Å²) in [6.07, 6.45) is 0. The van der Waals surface area contributed by atoms with Crippen LogP contribution >= 0.6 is 0 Å². The maximum absolute atomic E-state index is 11.8. The zero-order valence-corrected chi connectivity index (χ0v) is 13.6. The second kappa shape index (κ2) is 7.91. The first kappa shape index (κ1) is 17.9. The minimum atomic E-state index is -0.815. The second-order valence-electron chi connectivity index (χ2n) is 5.10. The van der Waals surface area contributed by atoms with Crippen LogP contribution in [0.4, 0.5) is 0 Å². The van der Waals surface area contributed by atoms with Gasteiger partial charge in [0.25, 0.3) is 5.91 Å². The van der Waals surface area contributed by atoms with E-state index in [0.29, 0.717) is 16.9 Å². The van der Waals surface area contributed by atoms with Crippen LogP contribution in [-0.4, -0.2) is 30.2 Å². The molecule has 1 aromatic heterocycles. The smallest absolute Gasteiger partial charge is 0.374 e. The second-order valence-corrected chi connectivity index (χ2v) is 5.10. The highest BCUT2D eigenvalue weighted by Crippen LogP contribution is 2.23. The average molecular weight is 344 g/mol. The lowest BCUT2D eigenvalue weighted by molar-refractivity contribution is -0.129.